The number of hydrogen-bond donors (Lipinski definition) is 1. The van der Waals surface area contributed by atoms with Gasteiger partial charge >= 0.3 is 0 Å². The minimum atomic E-state index is -0.115. The number of aromatic nitrogens is 3. The maximum Gasteiger partial charge on any atom is 0.259 e. The van der Waals surface area contributed by atoms with Crippen molar-refractivity contribution in [3.63, 3.8) is 0 Å². The molecule has 1 saturated heterocycles. The molecule has 0 radical (unpaired) electrons. The molecule has 0 bridgehead atoms. The van der Waals surface area contributed by atoms with Crippen molar-refractivity contribution in [2.45, 2.75) is 19.4 Å². The number of rotatable bonds is 7. The number of likely N-dealkylation sites (tertiary alicyclic amines) is 1. The maximum absolute atomic E-state index is 13.6. The minimum Gasteiger partial charge on any atom is -0.497 e. The van der Waals surface area contributed by atoms with Gasteiger partial charge in [0.05, 0.1) is 19.0 Å². The van der Waals surface area contributed by atoms with Crippen LogP contribution < -0.4 is 10.1 Å². The highest BCUT2D eigenvalue weighted by Crippen LogP contribution is 2.24. The molecule has 0 aliphatic carbocycles. The zero-order valence-corrected chi connectivity index (χ0v) is 20.2. The monoisotopic (exact) mass is 483 g/mol. The van der Waals surface area contributed by atoms with E-state index in [4.69, 9.17) is 4.74 Å². The first-order valence-corrected chi connectivity index (χ1v) is 12.1. The van der Waals surface area contributed by atoms with Crippen molar-refractivity contribution in [3.05, 3.63) is 96.4 Å². The molecule has 2 aromatic carbocycles. The number of piperidine rings is 1. The molecule has 5 rings (SSSR count). The summed E-state index contributed by atoms with van der Waals surface area (Å²) < 4.78 is 8.94. The average Bonchev–Trinajstić information content (AvgIpc) is 3.62. The molecule has 0 saturated carbocycles. The lowest BCUT2D eigenvalue weighted by Crippen LogP contribution is -2.43. The van der Waals surface area contributed by atoms with Crippen molar-refractivity contribution in [2.24, 2.45) is 5.92 Å². The normalized spacial score (nSPS) is 14.0. The van der Waals surface area contributed by atoms with E-state index in [9.17, 15) is 9.59 Å². The first-order valence-electron chi connectivity index (χ1n) is 12.1. The van der Waals surface area contributed by atoms with Crippen LogP contribution in [0.15, 0.2) is 85.3 Å². The molecule has 1 aliphatic heterocycles. The molecule has 36 heavy (non-hydrogen) atoms. The second kappa shape index (κ2) is 10.5. The molecule has 1 fully saturated rings. The van der Waals surface area contributed by atoms with Crippen molar-refractivity contribution < 1.29 is 14.3 Å². The number of amides is 2. The average molecular weight is 484 g/mol. The van der Waals surface area contributed by atoms with Gasteiger partial charge in [0.2, 0.25) is 5.91 Å². The van der Waals surface area contributed by atoms with Crippen LogP contribution in [-0.4, -0.2) is 51.3 Å². The lowest BCUT2D eigenvalue weighted by atomic mass is 9.95. The Labute approximate surface area is 210 Å². The van der Waals surface area contributed by atoms with E-state index in [-0.39, 0.29) is 17.7 Å². The van der Waals surface area contributed by atoms with Gasteiger partial charge in [-0.25, -0.2) is 4.68 Å². The van der Waals surface area contributed by atoms with Gasteiger partial charge in [-0.2, -0.15) is 5.10 Å². The van der Waals surface area contributed by atoms with Gasteiger partial charge < -0.3 is 19.5 Å². The number of para-hydroxylation sites is 1. The molecule has 8 heteroatoms. The quantitative estimate of drug-likeness (QED) is 0.433. The van der Waals surface area contributed by atoms with E-state index in [0.717, 1.165) is 17.0 Å². The molecule has 8 nitrogen and oxygen atoms in total. The Morgan fingerprint density at radius 1 is 1.00 bits per heavy atom. The molecule has 2 aromatic heterocycles. The standard InChI is InChI=1S/C28H29N5O3/c1-36-24-11-7-8-21(18-24)19-29-26(34)22-12-16-32(17-13-22)28(35)25-20-30-33(23-9-3-2-4-10-23)27(25)31-14-5-6-15-31/h2-11,14-15,18,20,22H,12-13,16-17,19H2,1H3,(H,29,34). The molecule has 3 heterocycles. The summed E-state index contributed by atoms with van der Waals surface area (Å²) in [7, 11) is 1.63. The number of nitrogens with one attached hydrogen (secondary N) is 1. The number of ether oxygens (including phenoxy) is 1. The Balaban J connectivity index is 1.25. The van der Waals surface area contributed by atoms with E-state index < -0.39 is 0 Å². The lowest BCUT2D eigenvalue weighted by Gasteiger charge is -2.31. The Bertz CT molecular complexity index is 1320. The SMILES string of the molecule is COc1cccc(CNC(=O)C2CCN(C(=O)c3cnn(-c4ccccc4)c3-n3cccc3)CC2)c1. The van der Waals surface area contributed by atoms with Crippen LogP contribution in [0.3, 0.4) is 0 Å². The summed E-state index contributed by atoms with van der Waals surface area (Å²) in [6.45, 7) is 1.50. The topological polar surface area (TPSA) is 81.4 Å². The molecular weight excluding hydrogens is 454 g/mol. The van der Waals surface area contributed by atoms with Crippen molar-refractivity contribution in [1.82, 2.24) is 24.6 Å². The molecule has 1 aliphatic rings. The van der Waals surface area contributed by atoms with Crippen LogP contribution in [0.25, 0.3) is 11.5 Å². The molecule has 4 aromatic rings. The van der Waals surface area contributed by atoms with Crippen LogP contribution in [0.5, 0.6) is 5.75 Å². The fourth-order valence-electron chi connectivity index (χ4n) is 4.61. The molecule has 0 unspecified atom stereocenters. The summed E-state index contributed by atoms with van der Waals surface area (Å²) in [5.74, 6) is 1.30. The summed E-state index contributed by atoms with van der Waals surface area (Å²) in [5.41, 5.74) is 2.41. The number of nitrogens with zero attached hydrogens (tertiary/aromatic N) is 4. The summed E-state index contributed by atoms with van der Waals surface area (Å²) in [4.78, 5) is 28.2. The van der Waals surface area contributed by atoms with Gasteiger partial charge in [0, 0.05) is 37.9 Å². The Morgan fingerprint density at radius 2 is 1.75 bits per heavy atom. The fraction of sp³-hybridized carbons (Fsp3) is 0.250. The van der Waals surface area contributed by atoms with E-state index in [1.165, 1.54) is 0 Å². The Morgan fingerprint density at radius 3 is 2.47 bits per heavy atom. The van der Waals surface area contributed by atoms with Crippen molar-refractivity contribution in [1.29, 1.82) is 0 Å². The minimum absolute atomic E-state index is 0.0230. The zero-order chi connectivity index (χ0) is 24.9. The summed E-state index contributed by atoms with van der Waals surface area (Å²) in [6, 6.07) is 21.3. The number of hydrogen-bond acceptors (Lipinski definition) is 4. The van der Waals surface area contributed by atoms with Crippen molar-refractivity contribution in [2.75, 3.05) is 20.2 Å². The third-order valence-corrected chi connectivity index (χ3v) is 6.58. The van der Waals surface area contributed by atoms with Gasteiger partial charge in [-0.3, -0.25) is 9.59 Å². The van der Waals surface area contributed by atoms with E-state index in [2.05, 4.69) is 10.4 Å². The van der Waals surface area contributed by atoms with Crippen LogP contribution in [0, 0.1) is 5.92 Å². The highest BCUT2D eigenvalue weighted by Gasteiger charge is 2.30. The molecular formula is C28H29N5O3. The second-order valence-electron chi connectivity index (χ2n) is 8.86. The first kappa shape index (κ1) is 23.4. The third-order valence-electron chi connectivity index (χ3n) is 6.58. The smallest absolute Gasteiger partial charge is 0.259 e. The number of methoxy groups -OCH3 is 1. The van der Waals surface area contributed by atoms with E-state index >= 15 is 0 Å². The highest BCUT2D eigenvalue weighted by atomic mass is 16.5. The van der Waals surface area contributed by atoms with E-state index in [0.29, 0.717) is 43.9 Å². The van der Waals surface area contributed by atoms with Crippen molar-refractivity contribution >= 4 is 11.8 Å². The predicted molar refractivity (Wildman–Crippen MR) is 136 cm³/mol. The summed E-state index contributed by atoms with van der Waals surface area (Å²) in [5, 5.41) is 7.57. The van der Waals surface area contributed by atoms with Gasteiger partial charge in [0.1, 0.15) is 11.3 Å². The number of carbonyl (C=O) groups excluding carboxylic acids is 2. The Hall–Kier alpha value is -4.33. The molecule has 2 amide bonds. The summed E-state index contributed by atoms with van der Waals surface area (Å²) in [6.07, 6.45) is 6.71. The largest absolute Gasteiger partial charge is 0.497 e. The summed E-state index contributed by atoms with van der Waals surface area (Å²) >= 11 is 0. The Kier molecular flexibility index (Phi) is 6.84. The van der Waals surface area contributed by atoms with Crippen LogP contribution in [0.2, 0.25) is 0 Å². The van der Waals surface area contributed by atoms with Gasteiger partial charge in [-0.1, -0.05) is 30.3 Å². The number of carbonyl (C=O) groups is 2. The van der Waals surface area contributed by atoms with Crippen LogP contribution in [-0.2, 0) is 11.3 Å². The molecule has 0 atom stereocenters. The highest BCUT2D eigenvalue weighted by molar-refractivity contribution is 5.97. The molecule has 184 valence electrons. The molecule has 1 N–H and O–H groups in total. The van der Waals surface area contributed by atoms with Gasteiger partial charge in [0.15, 0.2) is 5.82 Å². The van der Waals surface area contributed by atoms with E-state index in [1.807, 2.05) is 88.6 Å². The predicted octanol–water partition coefficient (Wildman–Crippen LogP) is 3.84. The lowest BCUT2D eigenvalue weighted by molar-refractivity contribution is -0.126. The van der Waals surface area contributed by atoms with Crippen LogP contribution >= 0.6 is 0 Å². The van der Waals surface area contributed by atoms with Gasteiger partial charge in [0.25, 0.3) is 5.91 Å². The second-order valence-corrected chi connectivity index (χ2v) is 8.86. The number of benzene rings is 2. The van der Waals surface area contributed by atoms with Crippen LogP contribution in [0.1, 0.15) is 28.8 Å². The zero-order valence-electron chi connectivity index (χ0n) is 20.2. The van der Waals surface area contributed by atoms with Crippen molar-refractivity contribution in [3.8, 4) is 17.3 Å². The fourth-order valence-corrected chi connectivity index (χ4v) is 4.61. The maximum atomic E-state index is 13.6. The van der Waals surface area contributed by atoms with Gasteiger partial charge in [-0.05, 0) is 54.8 Å². The van der Waals surface area contributed by atoms with Gasteiger partial charge in [-0.15, -0.1) is 0 Å². The van der Waals surface area contributed by atoms with E-state index in [1.54, 1.807) is 18.0 Å². The third kappa shape index (κ3) is 4.88. The molecule has 0 spiro atoms. The first-order chi connectivity index (χ1) is 17.6. The van der Waals surface area contributed by atoms with Crippen LogP contribution in [0.4, 0.5) is 0 Å².